The number of nitro benzene ring substituents is 1. The molecule has 12 heteroatoms. The first kappa shape index (κ1) is 24.6. The number of carbonyl (C=O) groups excluding carboxylic acids is 1. The second-order valence-electron chi connectivity index (χ2n) is 7.52. The van der Waals surface area contributed by atoms with E-state index >= 15 is 0 Å². The highest BCUT2D eigenvalue weighted by Gasteiger charge is 2.21. The molecule has 0 bridgehead atoms. The van der Waals surface area contributed by atoms with Crippen LogP contribution in [0, 0.1) is 28.4 Å². The van der Waals surface area contributed by atoms with Gasteiger partial charge in [0.15, 0.2) is 0 Å². The molecular formula is C22H24N6O6. The third kappa shape index (κ3) is 5.64. The quantitative estimate of drug-likeness (QED) is 0.343. The number of nitrogens with one attached hydrogen (secondary N) is 1. The highest BCUT2D eigenvalue weighted by atomic mass is 16.6. The Balaban J connectivity index is 1.72. The number of rotatable bonds is 8. The van der Waals surface area contributed by atoms with Crippen molar-refractivity contribution in [2.24, 2.45) is 5.10 Å². The fourth-order valence-electron chi connectivity index (χ4n) is 3.62. The Bertz CT molecular complexity index is 1210. The maximum atomic E-state index is 12.6. The fourth-order valence-corrected chi connectivity index (χ4v) is 3.62. The van der Waals surface area contributed by atoms with Crippen molar-refractivity contribution in [2.45, 2.75) is 20.1 Å². The normalized spacial score (nSPS) is 13.6. The van der Waals surface area contributed by atoms with Gasteiger partial charge in [-0.3, -0.25) is 19.7 Å². The summed E-state index contributed by atoms with van der Waals surface area (Å²) in [5.74, 6) is -0.593. The van der Waals surface area contributed by atoms with Gasteiger partial charge in [0.05, 0.1) is 31.0 Å². The lowest BCUT2D eigenvalue weighted by atomic mass is 10.1. The van der Waals surface area contributed by atoms with Crippen LogP contribution in [0.4, 0.5) is 11.4 Å². The summed E-state index contributed by atoms with van der Waals surface area (Å²) >= 11 is 0. The molecule has 0 saturated carbocycles. The first-order chi connectivity index (χ1) is 16.3. The van der Waals surface area contributed by atoms with E-state index in [1.807, 2.05) is 11.0 Å². The summed E-state index contributed by atoms with van der Waals surface area (Å²) in [6.45, 7) is 3.52. The minimum absolute atomic E-state index is 0.0699. The molecule has 1 saturated heterocycles. The number of carbonyl (C=O) groups is 1. The van der Waals surface area contributed by atoms with Gasteiger partial charge >= 0.3 is 0 Å². The third-order valence-corrected chi connectivity index (χ3v) is 5.25. The molecule has 0 spiro atoms. The highest BCUT2D eigenvalue weighted by Crippen LogP contribution is 2.29. The number of hydrazone groups is 1. The molecule has 0 radical (unpaired) electrons. The molecule has 1 aromatic carbocycles. The number of nitrogens with zero attached hydrogens (tertiary/aromatic N) is 5. The van der Waals surface area contributed by atoms with Crippen molar-refractivity contribution in [3.8, 4) is 6.07 Å². The summed E-state index contributed by atoms with van der Waals surface area (Å²) in [5.41, 5.74) is 3.41. The van der Waals surface area contributed by atoms with Gasteiger partial charge in [-0.2, -0.15) is 10.4 Å². The van der Waals surface area contributed by atoms with Crippen LogP contribution in [0.5, 0.6) is 0 Å². The summed E-state index contributed by atoms with van der Waals surface area (Å²) in [6, 6.07) is 8.16. The Labute approximate surface area is 195 Å². The number of morpholine rings is 1. The standard InChI is InChI=1S/C22H24N6O6/c1-15-9-17(14-33-2)18(11-23)22(30)27(15)13-21(29)25-24-12-16-3-4-19(20(10-16)28(31)32)26-5-7-34-8-6-26/h3-4,9-10,12H,5-8,13-14H2,1-2H3,(H,25,29)/b24-12+. The number of aromatic nitrogens is 1. The van der Waals surface area contributed by atoms with Crippen LogP contribution in [0.3, 0.4) is 0 Å². The maximum absolute atomic E-state index is 12.6. The molecule has 34 heavy (non-hydrogen) atoms. The molecule has 2 heterocycles. The van der Waals surface area contributed by atoms with E-state index < -0.39 is 16.4 Å². The van der Waals surface area contributed by atoms with Crippen LogP contribution in [0.1, 0.15) is 22.4 Å². The third-order valence-electron chi connectivity index (χ3n) is 5.25. The fraction of sp³-hybridized carbons (Fsp3) is 0.364. The van der Waals surface area contributed by atoms with Crippen LogP contribution in [-0.2, 0) is 27.4 Å². The van der Waals surface area contributed by atoms with Crippen LogP contribution < -0.4 is 15.9 Å². The second-order valence-corrected chi connectivity index (χ2v) is 7.52. The Morgan fingerprint density at radius 3 is 2.76 bits per heavy atom. The Morgan fingerprint density at radius 1 is 1.38 bits per heavy atom. The molecule has 0 unspecified atom stereocenters. The topological polar surface area (TPSA) is 152 Å². The van der Waals surface area contributed by atoms with Crippen molar-refractivity contribution in [1.82, 2.24) is 9.99 Å². The lowest BCUT2D eigenvalue weighted by Crippen LogP contribution is -2.36. The predicted molar refractivity (Wildman–Crippen MR) is 123 cm³/mol. The zero-order chi connectivity index (χ0) is 24.7. The van der Waals surface area contributed by atoms with E-state index in [9.17, 15) is 25.0 Å². The van der Waals surface area contributed by atoms with Gasteiger partial charge in [-0.05, 0) is 19.1 Å². The van der Waals surface area contributed by atoms with Crippen LogP contribution in [0.25, 0.3) is 0 Å². The average molecular weight is 468 g/mol. The zero-order valence-corrected chi connectivity index (χ0v) is 18.8. The zero-order valence-electron chi connectivity index (χ0n) is 18.8. The number of hydrogen-bond donors (Lipinski definition) is 1. The Kier molecular flexibility index (Phi) is 8.07. The van der Waals surface area contributed by atoms with Crippen molar-refractivity contribution >= 4 is 23.5 Å². The first-order valence-electron chi connectivity index (χ1n) is 10.4. The lowest BCUT2D eigenvalue weighted by Gasteiger charge is -2.28. The van der Waals surface area contributed by atoms with E-state index in [1.54, 1.807) is 25.1 Å². The predicted octanol–water partition coefficient (Wildman–Crippen LogP) is 1.07. The SMILES string of the molecule is COCc1cc(C)n(CC(=O)N/N=C/c2ccc(N3CCOCC3)c([N+](=O)[O-])c2)c(=O)c1C#N. The minimum Gasteiger partial charge on any atom is -0.380 e. The number of methoxy groups -OCH3 is 1. The molecule has 12 nitrogen and oxygen atoms in total. The molecule has 1 aliphatic heterocycles. The molecule has 0 aliphatic carbocycles. The molecular weight excluding hydrogens is 444 g/mol. The summed E-state index contributed by atoms with van der Waals surface area (Å²) in [4.78, 5) is 37.9. The monoisotopic (exact) mass is 468 g/mol. The molecule has 1 aliphatic rings. The number of pyridine rings is 1. The van der Waals surface area contributed by atoms with Crippen molar-refractivity contribution < 1.29 is 19.2 Å². The van der Waals surface area contributed by atoms with Gasteiger partial charge in [-0.15, -0.1) is 0 Å². The molecule has 1 amide bonds. The van der Waals surface area contributed by atoms with Gasteiger partial charge in [-0.1, -0.05) is 6.07 Å². The average Bonchev–Trinajstić information content (AvgIpc) is 2.82. The number of ether oxygens (including phenoxy) is 2. The van der Waals surface area contributed by atoms with Gasteiger partial charge in [0.1, 0.15) is 23.9 Å². The highest BCUT2D eigenvalue weighted by molar-refractivity contribution is 5.85. The molecule has 1 fully saturated rings. The van der Waals surface area contributed by atoms with Crippen molar-refractivity contribution in [1.29, 1.82) is 5.26 Å². The van der Waals surface area contributed by atoms with Gasteiger partial charge < -0.3 is 18.9 Å². The molecule has 3 rings (SSSR count). The number of amides is 1. The summed E-state index contributed by atoms with van der Waals surface area (Å²) in [6.07, 6.45) is 1.28. The number of nitro groups is 1. The van der Waals surface area contributed by atoms with E-state index in [0.29, 0.717) is 48.8 Å². The first-order valence-corrected chi connectivity index (χ1v) is 10.4. The smallest absolute Gasteiger partial charge is 0.293 e. The van der Waals surface area contributed by atoms with E-state index in [2.05, 4.69) is 10.5 Å². The molecule has 2 aromatic rings. The Hall–Kier alpha value is -4.08. The van der Waals surface area contributed by atoms with Crippen molar-refractivity contribution in [2.75, 3.05) is 38.3 Å². The Morgan fingerprint density at radius 2 is 2.12 bits per heavy atom. The second kappa shape index (κ2) is 11.2. The number of hydrogen-bond acceptors (Lipinski definition) is 9. The van der Waals surface area contributed by atoms with Crippen molar-refractivity contribution in [3.63, 3.8) is 0 Å². The summed E-state index contributed by atoms with van der Waals surface area (Å²) < 4.78 is 11.5. The van der Waals surface area contributed by atoms with E-state index in [1.165, 1.54) is 24.0 Å². The minimum atomic E-state index is -0.594. The van der Waals surface area contributed by atoms with E-state index in [-0.39, 0.29) is 24.4 Å². The van der Waals surface area contributed by atoms with Crippen LogP contribution in [-0.4, -0.2) is 55.0 Å². The van der Waals surface area contributed by atoms with Gasteiger partial charge in [-0.25, -0.2) is 5.43 Å². The van der Waals surface area contributed by atoms with Crippen LogP contribution in [0.15, 0.2) is 34.2 Å². The van der Waals surface area contributed by atoms with Gasteiger partial charge in [0.25, 0.3) is 17.2 Å². The number of nitriles is 1. The van der Waals surface area contributed by atoms with Gasteiger partial charge in [0.2, 0.25) is 0 Å². The summed E-state index contributed by atoms with van der Waals surface area (Å²) in [5, 5.41) is 24.7. The summed E-state index contributed by atoms with van der Waals surface area (Å²) in [7, 11) is 1.46. The van der Waals surface area contributed by atoms with E-state index in [0.717, 1.165) is 0 Å². The van der Waals surface area contributed by atoms with Crippen LogP contribution >= 0.6 is 0 Å². The number of aryl methyl sites for hydroxylation is 1. The molecule has 1 aromatic heterocycles. The maximum Gasteiger partial charge on any atom is 0.293 e. The van der Waals surface area contributed by atoms with Crippen molar-refractivity contribution in [3.05, 3.63) is 67.1 Å². The number of benzene rings is 1. The van der Waals surface area contributed by atoms with Crippen LogP contribution in [0.2, 0.25) is 0 Å². The van der Waals surface area contributed by atoms with E-state index in [4.69, 9.17) is 9.47 Å². The molecule has 1 N–H and O–H groups in total. The van der Waals surface area contributed by atoms with Gasteiger partial charge in [0, 0.05) is 43.1 Å². The lowest BCUT2D eigenvalue weighted by molar-refractivity contribution is -0.384. The molecule has 0 atom stereocenters. The largest absolute Gasteiger partial charge is 0.380 e. The molecule has 178 valence electrons. The number of anilines is 1.